The Balaban J connectivity index is 2.81. The molecule has 0 aliphatic carbocycles. The lowest BCUT2D eigenvalue weighted by molar-refractivity contribution is -0.122. The van der Waals surface area contributed by atoms with Crippen molar-refractivity contribution in [2.24, 2.45) is 16.8 Å². The lowest BCUT2D eigenvalue weighted by Crippen LogP contribution is -2.20. The molecule has 1 aromatic carbocycles. The maximum atomic E-state index is 12.0. The molecule has 1 aromatic rings. The molecular formula is C17H25NO. The van der Waals surface area contributed by atoms with Gasteiger partial charge in [0.15, 0.2) is 0 Å². The zero-order chi connectivity index (χ0) is 14.4. The van der Waals surface area contributed by atoms with Crippen molar-refractivity contribution in [3.63, 3.8) is 0 Å². The molecule has 0 N–H and O–H groups in total. The topological polar surface area (TPSA) is 29.4 Å². The van der Waals surface area contributed by atoms with Crippen LogP contribution >= 0.6 is 0 Å². The van der Waals surface area contributed by atoms with Gasteiger partial charge in [0, 0.05) is 31.0 Å². The first-order chi connectivity index (χ1) is 8.99. The summed E-state index contributed by atoms with van der Waals surface area (Å²) in [6.45, 7) is 8.22. The molecule has 0 radical (unpaired) electrons. The second-order valence-corrected chi connectivity index (χ2v) is 5.36. The van der Waals surface area contributed by atoms with Gasteiger partial charge in [0.25, 0.3) is 0 Å². The van der Waals surface area contributed by atoms with Crippen molar-refractivity contribution in [3.8, 4) is 0 Å². The number of benzene rings is 1. The van der Waals surface area contributed by atoms with Crippen LogP contribution in [0.5, 0.6) is 0 Å². The Morgan fingerprint density at radius 2 is 1.74 bits per heavy atom. The van der Waals surface area contributed by atoms with Crippen LogP contribution in [0.3, 0.4) is 0 Å². The lowest BCUT2D eigenvalue weighted by atomic mass is 9.89. The van der Waals surface area contributed by atoms with Crippen LogP contribution in [0.4, 0.5) is 0 Å². The van der Waals surface area contributed by atoms with Crippen molar-refractivity contribution in [2.75, 3.05) is 7.05 Å². The molecule has 2 heteroatoms. The number of hydrogen-bond acceptors (Lipinski definition) is 2. The summed E-state index contributed by atoms with van der Waals surface area (Å²) in [6.07, 6.45) is 1.49. The Hall–Kier alpha value is -1.44. The van der Waals surface area contributed by atoms with Crippen molar-refractivity contribution >= 4 is 11.5 Å². The summed E-state index contributed by atoms with van der Waals surface area (Å²) in [5.41, 5.74) is 3.39. The Kier molecular flexibility index (Phi) is 5.94. The molecule has 0 aromatic heterocycles. The van der Waals surface area contributed by atoms with Gasteiger partial charge in [0.1, 0.15) is 5.78 Å². The van der Waals surface area contributed by atoms with E-state index in [2.05, 4.69) is 50.0 Å². The summed E-state index contributed by atoms with van der Waals surface area (Å²) < 4.78 is 0. The molecule has 0 amide bonds. The molecular weight excluding hydrogens is 234 g/mol. The standard InChI is InChI=1S/C17H25NO/c1-6-13(3)16(19)11-14(4)17(18-5)15-9-7-12(2)8-10-15/h7-10,13-14H,6,11H2,1-5H3. The summed E-state index contributed by atoms with van der Waals surface area (Å²) >= 11 is 0. The van der Waals surface area contributed by atoms with E-state index in [-0.39, 0.29) is 11.8 Å². The van der Waals surface area contributed by atoms with Gasteiger partial charge in [0.2, 0.25) is 0 Å². The number of Topliss-reactive ketones (excluding diaryl/α,β-unsaturated/α-hetero) is 1. The number of aryl methyl sites for hydroxylation is 1. The van der Waals surface area contributed by atoms with Crippen LogP contribution in [-0.2, 0) is 4.79 Å². The molecule has 19 heavy (non-hydrogen) atoms. The summed E-state index contributed by atoms with van der Waals surface area (Å²) in [5.74, 6) is 0.663. The van der Waals surface area contributed by atoms with Gasteiger partial charge in [-0.15, -0.1) is 0 Å². The smallest absolute Gasteiger partial charge is 0.136 e. The van der Waals surface area contributed by atoms with Gasteiger partial charge in [-0.2, -0.15) is 0 Å². The van der Waals surface area contributed by atoms with E-state index in [1.807, 2.05) is 6.92 Å². The second kappa shape index (κ2) is 7.22. The molecule has 0 bridgehead atoms. The summed E-state index contributed by atoms with van der Waals surface area (Å²) in [4.78, 5) is 16.4. The molecule has 0 heterocycles. The summed E-state index contributed by atoms with van der Waals surface area (Å²) in [6, 6.07) is 8.34. The molecule has 104 valence electrons. The third-order valence-corrected chi connectivity index (χ3v) is 3.72. The minimum absolute atomic E-state index is 0.151. The molecule has 2 nitrogen and oxygen atoms in total. The van der Waals surface area contributed by atoms with Crippen LogP contribution in [0, 0.1) is 18.8 Å². The van der Waals surface area contributed by atoms with Gasteiger partial charge in [0.05, 0.1) is 0 Å². The Morgan fingerprint density at radius 1 is 1.16 bits per heavy atom. The van der Waals surface area contributed by atoms with Gasteiger partial charge >= 0.3 is 0 Å². The summed E-state index contributed by atoms with van der Waals surface area (Å²) in [7, 11) is 1.80. The molecule has 0 aliphatic heterocycles. The Bertz CT molecular complexity index is 445. The van der Waals surface area contributed by atoms with Gasteiger partial charge in [-0.1, -0.05) is 50.6 Å². The molecule has 0 spiro atoms. The number of nitrogens with zero attached hydrogens (tertiary/aromatic N) is 1. The van der Waals surface area contributed by atoms with E-state index >= 15 is 0 Å². The maximum Gasteiger partial charge on any atom is 0.136 e. The number of aliphatic imine (C=N–C) groups is 1. The van der Waals surface area contributed by atoms with Gasteiger partial charge in [-0.25, -0.2) is 0 Å². The minimum Gasteiger partial charge on any atom is -0.299 e. The first-order valence-corrected chi connectivity index (χ1v) is 7.06. The number of ketones is 1. The van der Waals surface area contributed by atoms with Crippen LogP contribution in [0.1, 0.15) is 44.7 Å². The van der Waals surface area contributed by atoms with Crippen molar-refractivity contribution in [1.29, 1.82) is 0 Å². The van der Waals surface area contributed by atoms with E-state index in [1.165, 1.54) is 5.56 Å². The molecule has 0 saturated heterocycles. The van der Waals surface area contributed by atoms with Gasteiger partial charge < -0.3 is 0 Å². The van der Waals surface area contributed by atoms with Crippen LogP contribution in [0.15, 0.2) is 29.3 Å². The van der Waals surface area contributed by atoms with Crippen molar-refractivity contribution in [3.05, 3.63) is 35.4 Å². The predicted molar refractivity (Wildman–Crippen MR) is 81.9 cm³/mol. The fourth-order valence-electron chi connectivity index (χ4n) is 2.19. The highest BCUT2D eigenvalue weighted by molar-refractivity contribution is 6.03. The zero-order valence-electron chi connectivity index (χ0n) is 12.7. The highest BCUT2D eigenvalue weighted by Gasteiger charge is 2.19. The zero-order valence-corrected chi connectivity index (χ0v) is 12.7. The third-order valence-electron chi connectivity index (χ3n) is 3.72. The van der Waals surface area contributed by atoms with Crippen LogP contribution in [0.2, 0.25) is 0 Å². The van der Waals surface area contributed by atoms with E-state index < -0.39 is 0 Å². The predicted octanol–water partition coefficient (Wildman–Crippen LogP) is 4.06. The molecule has 2 unspecified atom stereocenters. The fourth-order valence-corrected chi connectivity index (χ4v) is 2.19. The highest BCUT2D eigenvalue weighted by Crippen LogP contribution is 2.17. The van der Waals surface area contributed by atoms with Crippen molar-refractivity contribution < 1.29 is 4.79 Å². The minimum atomic E-state index is 0.151. The molecule has 0 aliphatic rings. The van der Waals surface area contributed by atoms with E-state index in [1.54, 1.807) is 7.05 Å². The van der Waals surface area contributed by atoms with Gasteiger partial charge in [-0.3, -0.25) is 9.79 Å². The number of hydrogen-bond donors (Lipinski definition) is 0. The molecule has 0 fully saturated rings. The number of carbonyl (C=O) groups excluding carboxylic acids is 1. The average molecular weight is 259 g/mol. The second-order valence-electron chi connectivity index (χ2n) is 5.36. The van der Waals surface area contributed by atoms with E-state index in [9.17, 15) is 4.79 Å². The summed E-state index contributed by atoms with van der Waals surface area (Å²) in [5, 5.41) is 0. The Labute approximate surface area is 117 Å². The quantitative estimate of drug-likeness (QED) is 0.708. The van der Waals surface area contributed by atoms with Crippen LogP contribution in [-0.4, -0.2) is 18.5 Å². The first kappa shape index (κ1) is 15.6. The van der Waals surface area contributed by atoms with E-state index in [0.29, 0.717) is 12.2 Å². The Morgan fingerprint density at radius 3 is 2.21 bits per heavy atom. The molecule has 0 saturated carbocycles. The number of carbonyl (C=O) groups is 1. The maximum absolute atomic E-state index is 12.0. The SMILES string of the molecule is CCC(C)C(=O)CC(C)C(=NC)c1ccc(C)cc1. The van der Waals surface area contributed by atoms with E-state index in [0.717, 1.165) is 17.7 Å². The van der Waals surface area contributed by atoms with Crippen molar-refractivity contribution in [1.82, 2.24) is 0 Å². The van der Waals surface area contributed by atoms with Gasteiger partial charge in [-0.05, 0) is 18.9 Å². The number of rotatable bonds is 6. The molecule has 1 rings (SSSR count). The monoisotopic (exact) mass is 259 g/mol. The molecule has 2 atom stereocenters. The van der Waals surface area contributed by atoms with Crippen LogP contribution < -0.4 is 0 Å². The fraction of sp³-hybridized carbons (Fsp3) is 0.529. The largest absolute Gasteiger partial charge is 0.299 e. The van der Waals surface area contributed by atoms with E-state index in [4.69, 9.17) is 0 Å². The highest BCUT2D eigenvalue weighted by atomic mass is 16.1. The van der Waals surface area contributed by atoms with Crippen molar-refractivity contribution in [2.45, 2.75) is 40.5 Å². The first-order valence-electron chi connectivity index (χ1n) is 7.06. The average Bonchev–Trinajstić information content (AvgIpc) is 2.40. The lowest BCUT2D eigenvalue weighted by Gasteiger charge is -2.16. The normalized spacial score (nSPS) is 15.1. The van der Waals surface area contributed by atoms with Crippen LogP contribution in [0.25, 0.3) is 0 Å². The third kappa shape index (κ3) is 4.30.